The van der Waals surface area contributed by atoms with Crippen molar-refractivity contribution in [3.8, 4) is 0 Å². The minimum absolute atomic E-state index is 0.198. The molecule has 1 heterocycles. The topological polar surface area (TPSA) is 26.0 Å². The highest BCUT2D eigenvalue weighted by atomic mass is 79.9. The molecule has 1 unspecified atom stereocenters. The summed E-state index contributed by atoms with van der Waals surface area (Å²) >= 11 is 4.91. The first-order valence-electron chi connectivity index (χ1n) is 5.01. The second kappa shape index (κ2) is 5.25. The number of hydrogen-bond acceptors (Lipinski definition) is 2. The number of nitrogens with two attached hydrogens (primary N) is 1. The van der Waals surface area contributed by atoms with Crippen LogP contribution in [-0.4, -0.2) is 0 Å². The second-order valence-corrected chi connectivity index (χ2v) is 6.20. The van der Waals surface area contributed by atoms with Crippen LogP contribution < -0.4 is 5.73 Å². The van der Waals surface area contributed by atoms with Gasteiger partial charge in [0, 0.05) is 10.9 Å². The van der Waals surface area contributed by atoms with E-state index in [-0.39, 0.29) is 6.04 Å². The number of rotatable bonds is 3. The van der Waals surface area contributed by atoms with Crippen molar-refractivity contribution in [3.05, 3.63) is 56.2 Å². The maximum absolute atomic E-state index is 13.0. The Morgan fingerprint density at radius 2 is 1.94 bits per heavy atom. The van der Waals surface area contributed by atoms with Crippen LogP contribution in [0.2, 0.25) is 0 Å². The molecule has 2 rings (SSSR count). The van der Waals surface area contributed by atoms with E-state index in [1.807, 2.05) is 12.1 Å². The number of halogens is 3. The Labute approximate surface area is 110 Å². The van der Waals surface area contributed by atoms with Crippen molar-refractivity contribution in [1.82, 2.24) is 0 Å². The summed E-state index contributed by atoms with van der Waals surface area (Å²) in [7, 11) is 0. The van der Waals surface area contributed by atoms with Gasteiger partial charge in [0.15, 0.2) is 11.6 Å². The van der Waals surface area contributed by atoms with E-state index >= 15 is 0 Å². The van der Waals surface area contributed by atoms with Gasteiger partial charge in [-0.3, -0.25) is 0 Å². The Kier molecular flexibility index (Phi) is 3.91. The predicted octanol–water partition coefficient (Wildman–Crippen LogP) is 4.03. The summed E-state index contributed by atoms with van der Waals surface area (Å²) < 4.78 is 26.8. The quantitative estimate of drug-likeness (QED) is 0.908. The minimum Gasteiger partial charge on any atom is -0.323 e. The number of thiophene rings is 1. The van der Waals surface area contributed by atoms with E-state index in [2.05, 4.69) is 15.9 Å². The molecule has 0 aliphatic rings. The molecule has 90 valence electrons. The summed E-state index contributed by atoms with van der Waals surface area (Å²) in [6, 6.07) is 7.53. The molecule has 0 aliphatic heterocycles. The third-order valence-corrected chi connectivity index (χ3v) is 4.15. The average molecular weight is 318 g/mol. The van der Waals surface area contributed by atoms with Crippen LogP contribution in [0.1, 0.15) is 16.5 Å². The summed E-state index contributed by atoms with van der Waals surface area (Å²) in [5, 5.41) is 0. The van der Waals surface area contributed by atoms with Gasteiger partial charge in [-0.15, -0.1) is 11.3 Å². The molecule has 0 bridgehead atoms. The highest BCUT2D eigenvalue weighted by Gasteiger charge is 2.11. The lowest BCUT2D eigenvalue weighted by molar-refractivity contribution is 0.506. The molecule has 0 aliphatic carbocycles. The highest BCUT2D eigenvalue weighted by Crippen LogP contribution is 2.28. The highest BCUT2D eigenvalue weighted by molar-refractivity contribution is 9.11. The molecule has 0 fully saturated rings. The van der Waals surface area contributed by atoms with Gasteiger partial charge < -0.3 is 5.73 Å². The average Bonchev–Trinajstić information content (AvgIpc) is 2.70. The van der Waals surface area contributed by atoms with Gasteiger partial charge in [-0.2, -0.15) is 0 Å². The molecule has 1 nitrogen and oxygen atoms in total. The van der Waals surface area contributed by atoms with E-state index in [0.717, 1.165) is 14.7 Å². The molecule has 17 heavy (non-hydrogen) atoms. The van der Waals surface area contributed by atoms with Crippen molar-refractivity contribution in [2.45, 2.75) is 12.5 Å². The first-order chi connectivity index (χ1) is 8.06. The third kappa shape index (κ3) is 3.12. The van der Waals surface area contributed by atoms with E-state index in [9.17, 15) is 8.78 Å². The molecule has 1 atom stereocenters. The molecule has 5 heteroatoms. The summed E-state index contributed by atoms with van der Waals surface area (Å²) in [6.45, 7) is 0. The molecule has 1 aromatic heterocycles. The normalized spacial score (nSPS) is 12.7. The number of benzene rings is 1. The van der Waals surface area contributed by atoms with Crippen LogP contribution in [0.3, 0.4) is 0 Å². The Hall–Kier alpha value is -0.780. The van der Waals surface area contributed by atoms with Crippen LogP contribution in [0.4, 0.5) is 8.78 Å². The van der Waals surface area contributed by atoms with Crippen molar-refractivity contribution in [3.63, 3.8) is 0 Å². The van der Waals surface area contributed by atoms with Gasteiger partial charge in [0.1, 0.15) is 0 Å². The standard InChI is InChI=1S/C12H10BrF2NS/c13-12-4-3-11(17-12)10(16)6-7-1-2-8(14)9(15)5-7/h1-5,10H,6,16H2. The van der Waals surface area contributed by atoms with E-state index < -0.39 is 11.6 Å². The van der Waals surface area contributed by atoms with Crippen LogP contribution in [0.25, 0.3) is 0 Å². The van der Waals surface area contributed by atoms with E-state index in [0.29, 0.717) is 12.0 Å². The monoisotopic (exact) mass is 317 g/mol. The maximum atomic E-state index is 13.0. The minimum atomic E-state index is -0.832. The SMILES string of the molecule is NC(Cc1ccc(F)c(F)c1)c1ccc(Br)s1. The van der Waals surface area contributed by atoms with Crippen LogP contribution in [0.15, 0.2) is 34.1 Å². The Morgan fingerprint density at radius 3 is 2.53 bits per heavy atom. The fourth-order valence-electron chi connectivity index (χ4n) is 1.55. The molecule has 0 saturated heterocycles. The van der Waals surface area contributed by atoms with Crippen molar-refractivity contribution >= 4 is 27.3 Å². The fourth-order valence-corrected chi connectivity index (χ4v) is 2.97. The zero-order chi connectivity index (χ0) is 12.4. The Bertz CT molecular complexity index is 527. The largest absolute Gasteiger partial charge is 0.323 e. The van der Waals surface area contributed by atoms with Gasteiger partial charge in [0.05, 0.1) is 3.79 Å². The lowest BCUT2D eigenvalue weighted by Gasteiger charge is -2.09. The third-order valence-electron chi connectivity index (χ3n) is 2.40. The van der Waals surface area contributed by atoms with Crippen molar-refractivity contribution in [2.24, 2.45) is 5.73 Å². The summed E-state index contributed by atoms with van der Waals surface area (Å²) in [6.07, 6.45) is 0.490. The van der Waals surface area contributed by atoms with Gasteiger partial charge in [0.25, 0.3) is 0 Å². The maximum Gasteiger partial charge on any atom is 0.159 e. The molecule has 0 radical (unpaired) electrons. The smallest absolute Gasteiger partial charge is 0.159 e. The van der Waals surface area contributed by atoms with E-state index in [4.69, 9.17) is 5.73 Å². The van der Waals surface area contributed by atoms with Crippen molar-refractivity contribution < 1.29 is 8.78 Å². The van der Waals surface area contributed by atoms with Gasteiger partial charge in [-0.05, 0) is 52.2 Å². The van der Waals surface area contributed by atoms with Gasteiger partial charge >= 0.3 is 0 Å². The molecule has 0 amide bonds. The molecule has 2 N–H and O–H groups in total. The van der Waals surface area contributed by atoms with Crippen LogP contribution in [-0.2, 0) is 6.42 Å². The Balaban J connectivity index is 2.12. The summed E-state index contributed by atoms with van der Waals surface area (Å²) in [5.41, 5.74) is 6.70. The molecular formula is C12H10BrF2NS. The zero-order valence-corrected chi connectivity index (χ0v) is 11.2. The first-order valence-corrected chi connectivity index (χ1v) is 6.62. The fraction of sp³-hybridized carbons (Fsp3) is 0.167. The van der Waals surface area contributed by atoms with Gasteiger partial charge in [0.2, 0.25) is 0 Å². The van der Waals surface area contributed by atoms with Crippen LogP contribution in [0, 0.1) is 11.6 Å². The Morgan fingerprint density at radius 1 is 1.18 bits per heavy atom. The molecule has 0 spiro atoms. The van der Waals surface area contributed by atoms with E-state index in [1.54, 1.807) is 17.4 Å². The molecule has 2 aromatic rings. The molecule has 1 aromatic carbocycles. The van der Waals surface area contributed by atoms with Crippen LogP contribution in [0.5, 0.6) is 0 Å². The molecular weight excluding hydrogens is 308 g/mol. The second-order valence-electron chi connectivity index (χ2n) is 3.70. The van der Waals surface area contributed by atoms with Crippen molar-refractivity contribution in [2.75, 3.05) is 0 Å². The zero-order valence-electron chi connectivity index (χ0n) is 8.79. The van der Waals surface area contributed by atoms with Crippen LogP contribution >= 0.6 is 27.3 Å². The first kappa shape index (κ1) is 12.7. The predicted molar refractivity (Wildman–Crippen MR) is 69.0 cm³/mol. The summed E-state index contributed by atoms with van der Waals surface area (Å²) in [4.78, 5) is 1.02. The summed E-state index contributed by atoms with van der Waals surface area (Å²) in [5.74, 6) is -1.66. The van der Waals surface area contributed by atoms with Crippen molar-refractivity contribution in [1.29, 1.82) is 0 Å². The molecule has 0 saturated carbocycles. The lowest BCUT2D eigenvalue weighted by Crippen LogP contribution is -2.11. The van der Waals surface area contributed by atoms with Gasteiger partial charge in [-0.25, -0.2) is 8.78 Å². The number of hydrogen-bond donors (Lipinski definition) is 1. The van der Waals surface area contributed by atoms with E-state index in [1.165, 1.54) is 6.07 Å². The van der Waals surface area contributed by atoms with Gasteiger partial charge in [-0.1, -0.05) is 6.07 Å². The lowest BCUT2D eigenvalue weighted by atomic mass is 10.1.